The molecule has 0 unspecified atom stereocenters. The highest BCUT2D eigenvalue weighted by molar-refractivity contribution is 7.15. The molecule has 5 rings (SSSR count). The Morgan fingerprint density at radius 2 is 1.76 bits per heavy atom. The minimum atomic E-state index is -0.363. The minimum Gasteiger partial charge on any atom is -0.326 e. The predicted octanol–water partition coefficient (Wildman–Crippen LogP) is 5.47. The summed E-state index contributed by atoms with van der Waals surface area (Å²) >= 11 is 1.31. The molecule has 0 fully saturated rings. The molecule has 0 saturated heterocycles. The number of thiazole rings is 1. The Labute approximate surface area is 217 Å². The molecule has 0 radical (unpaired) electrons. The maximum absolute atomic E-state index is 13.9. The van der Waals surface area contributed by atoms with Crippen LogP contribution >= 0.6 is 11.3 Å². The highest BCUT2D eigenvalue weighted by Crippen LogP contribution is 2.25. The normalized spacial score (nSPS) is 11.3. The first-order valence-electron chi connectivity index (χ1n) is 11.8. The van der Waals surface area contributed by atoms with Gasteiger partial charge in [-0.2, -0.15) is 5.10 Å². The molecule has 0 spiro atoms. The fourth-order valence-electron chi connectivity index (χ4n) is 4.36. The molecule has 0 saturated carbocycles. The van der Waals surface area contributed by atoms with Crippen LogP contribution in [0.1, 0.15) is 33.8 Å². The summed E-state index contributed by atoms with van der Waals surface area (Å²) in [7, 11) is 0. The zero-order valence-electron chi connectivity index (χ0n) is 21.2. The number of halogens is 1. The minimum absolute atomic E-state index is 0.0208. The van der Waals surface area contributed by atoms with Crippen LogP contribution in [0.4, 0.5) is 10.1 Å². The van der Waals surface area contributed by atoms with Gasteiger partial charge in [-0.1, -0.05) is 12.1 Å². The first-order chi connectivity index (χ1) is 17.6. The van der Waals surface area contributed by atoms with Crippen LogP contribution in [0.2, 0.25) is 0 Å². The molecule has 9 heteroatoms. The van der Waals surface area contributed by atoms with Gasteiger partial charge in [-0.25, -0.2) is 14.1 Å². The summed E-state index contributed by atoms with van der Waals surface area (Å²) in [6, 6.07) is 12.1. The second-order valence-electron chi connectivity index (χ2n) is 9.26. The zero-order chi connectivity index (χ0) is 26.4. The number of carbonyl (C=O) groups is 1. The van der Waals surface area contributed by atoms with Gasteiger partial charge >= 0.3 is 0 Å². The highest BCUT2D eigenvalue weighted by atomic mass is 32.1. The van der Waals surface area contributed by atoms with Crippen LogP contribution in [-0.4, -0.2) is 25.1 Å². The van der Waals surface area contributed by atoms with Crippen molar-refractivity contribution in [3.05, 3.63) is 97.8 Å². The van der Waals surface area contributed by atoms with Gasteiger partial charge in [0.2, 0.25) is 5.91 Å². The van der Waals surface area contributed by atoms with Crippen molar-refractivity contribution < 1.29 is 9.18 Å². The molecular formula is C28H26FN5O2S. The monoisotopic (exact) mass is 515 g/mol. The molecule has 188 valence electrons. The average Bonchev–Trinajstić information content (AvgIpc) is 3.41. The van der Waals surface area contributed by atoms with Gasteiger partial charge < -0.3 is 5.32 Å². The summed E-state index contributed by atoms with van der Waals surface area (Å²) in [5, 5.41) is 9.34. The molecule has 1 amide bonds. The number of aromatic nitrogens is 4. The Hall–Kier alpha value is -4.11. The van der Waals surface area contributed by atoms with Crippen molar-refractivity contribution in [2.45, 2.75) is 41.0 Å². The number of fused-ring (bicyclic) bond motifs is 1. The number of hydrogen-bond acceptors (Lipinski definition) is 5. The van der Waals surface area contributed by atoms with E-state index >= 15 is 0 Å². The number of anilines is 1. The third kappa shape index (κ3) is 4.58. The summed E-state index contributed by atoms with van der Waals surface area (Å²) in [6.07, 6.45) is 0.0208. The Morgan fingerprint density at radius 1 is 1.00 bits per heavy atom. The van der Waals surface area contributed by atoms with E-state index in [1.807, 2.05) is 45.9 Å². The standard InChI is InChI=1S/C28H26FN5O2S/c1-15-7-9-21(10-17(15)3)31-25(35)13-22-14-37-28-30-19(5)26(27(36)33(22)28)23-11-18(4)34(32-23)24-12-20(29)8-6-16(24)2/h6-12,14H,13H2,1-5H3,(H,31,35). The number of rotatable bonds is 5. The molecule has 3 aromatic heterocycles. The van der Waals surface area contributed by atoms with Crippen molar-refractivity contribution in [1.29, 1.82) is 0 Å². The lowest BCUT2D eigenvalue weighted by Gasteiger charge is -2.09. The van der Waals surface area contributed by atoms with Crippen LogP contribution in [0.5, 0.6) is 0 Å². The molecule has 7 nitrogen and oxygen atoms in total. The van der Waals surface area contributed by atoms with Gasteiger partial charge in [-0.3, -0.25) is 14.0 Å². The van der Waals surface area contributed by atoms with E-state index in [1.165, 1.54) is 27.9 Å². The summed E-state index contributed by atoms with van der Waals surface area (Å²) in [6.45, 7) is 9.51. The molecule has 0 bridgehead atoms. The summed E-state index contributed by atoms with van der Waals surface area (Å²) in [5.74, 6) is -0.586. The number of carbonyl (C=O) groups excluding carboxylic acids is 1. The smallest absolute Gasteiger partial charge is 0.268 e. The van der Waals surface area contributed by atoms with Gasteiger partial charge in [0.25, 0.3) is 5.56 Å². The largest absolute Gasteiger partial charge is 0.326 e. The van der Waals surface area contributed by atoms with Crippen LogP contribution in [0.15, 0.2) is 52.6 Å². The van der Waals surface area contributed by atoms with Gasteiger partial charge in [0.1, 0.15) is 11.5 Å². The number of nitrogens with zero attached hydrogens (tertiary/aromatic N) is 4. The Bertz CT molecular complexity index is 1750. The Morgan fingerprint density at radius 3 is 2.51 bits per heavy atom. The lowest BCUT2D eigenvalue weighted by Crippen LogP contribution is -2.23. The first-order valence-corrected chi connectivity index (χ1v) is 12.7. The van der Waals surface area contributed by atoms with E-state index in [9.17, 15) is 14.0 Å². The van der Waals surface area contributed by atoms with E-state index in [4.69, 9.17) is 0 Å². The third-order valence-electron chi connectivity index (χ3n) is 6.50. The fourth-order valence-corrected chi connectivity index (χ4v) is 5.29. The van der Waals surface area contributed by atoms with Crippen molar-refractivity contribution >= 4 is 27.9 Å². The molecule has 0 aliphatic rings. The molecule has 3 heterocycles. The van der Waals surface area contributed by atoms with E-state index in [0.29, 0.717) is 39.0 Å². The Kier molecular flexibility index (Phi) is 6.25. The number of nitrogens with one attached hydrogen (secondary N) is 1. The SMILES string of the molecule is Cc1ccc(NC(=O)Cc2csc3nc(C)c(-c4cc(C)n(-c5cc(F)ccc5C)n4)c(=O)n23)cc1C. The van der Waals surface area contributed by atoms with Crippen LogP contribution in [0.3, 0.4) is 0 Å². The quantitative estimate of drug-likeness (QED) is 0.337. The van der Waals surface area contributed by atoms with Crippen LogP contribution in [-0.2, 0) is 11.2 Å². The highest BCUT2D eigenvalue weighted by Gasteiger charge is 2.20. The third-order valence-corrected chi connectivity index (χ3v) is 7.37. The van der Waals surface area contributed by atoms with Gasteiger partial charge in [0.05, 0.1) is 23.4 Å². The summed E-state index contributed by atoms with van der Waals surface area (Å²) in [4.78, 5) is 31.7. The number of benzene rings is 2. The van der Waals surface area contributed by atoms with Gasteiger partial charge in [0.15, 0.2) is 4.96 Å². The van der Waals surface area contributed by atoms with E-state index in [0.717, 1.165) is 22.4 Å². The van der Waals surface area contributed by atoms with Crippen LogP contribution in [0, 0.1) is 40.4 Å². The summed E-state index contributed by atoms with van der Waals surface area (Å²) < 4.78 is 17.1. The van der Waals surface area contributed by atoms with Gasteiger partial charge in [-0.05, 0) is 81.6 Å². The lowest BCUT2D eigenvalue weighted by molar-refractivity contribution is -0.115. The van der Waals surface area contributed by atoms with Gasteiger partial charge in [0, 0.05) is 22.5 Å². The van der Waals surface area contributed by atoms with E-state index < -0.39 is 0 Å². The van der Waals surface area contributed by atoms with Crippen molar-refractivity contribution in [2.24, 2.45) is 0 Å². The number of amides is 1. The van der Waals surface area contributed by atoms with E-state index in [-0.39, 0.29) is 23.7 Å². The average molecular weight is 516 g/mol. The molecule has 2 aromatic carbocycles. The van der Waals surface area contributed by atoms with E-state index in [1.54, 1.807) is 29.1 Å². The lowest BCUT2D eigenvalue weighted by atomic mass is 10.1. The summed E-state index contributed by atoms with van der Waals surface area (Å²) in [5.41, 5.74) is 6.76. The van der Waals surface area contributed by atoms with Crippen LogP contribution in [0.25, 0.3) is 21.9 Å². The van der Waals surface area contributed by atoms with E-state index in [2.05, 4.69) is 15.4 Å². The Balaban J connectivity index is 1.52. The van der Waals surface area contributed by atoms with Crippen molar-refractivity contribution in [1.82, 2.24) is 19.2 Å². The van der Waals surface area contributed by atoms with Gasteiger partial charge in [-0.15, -0.1) is 11.3 Å². The number of aryl methyl sites for hydroxylation is 5. The molecule has 0 aliphatic carbocycles. The second-order valence-corrected chi connectivity index (χ2v) is 10.1. The van der Waals surface area contributed by atoms with Crippen molar-refractivity contribution in [3.63, 3.8) is 0 Å². The zero-order valence-corrected chi connectivity index (χ0v) is 22.0. The molecule has 5 aromatic rings. The predicted molar refractivity (Wildman–Crippen MR) is 144 cm³/mol. The van der Waals surface area contributed by atoms with Crippen molar-refractivity contribution in [2.75, 3.05) is 5.32 Å². The fraction of sp³-hybridized carbons (Fsp3) is 0.214. The maximum Gasteiger partial charge on any atom is 0.268 e. The van der Waals surface area contributed by atoms with Crippen molar-refractivity contribution in [3.8, 4) is 16.9 Å². The molecule has 37 heavy (non-hydrogen) atoms. The van der Waals surface area contributed by atoms with Crippen LogP contribution < -0.4 is 10.9 Å². The molecule has 0 atom stereocenters. The molecule has 1 N–H and O–H groups in total. The molecular weight excluding hydrogens is 489 g/mol. The first kappa shape index (κ1) is 24.6. The molecule has 0 aliphatic heterocycles. The topological polar surface area (TPSA) is 81.3 Å². The maximum atomic E-state index is 13.9. The second kappa shape index (κ2) is 9.40. The number of hydrogen-bond donors (Lipinski definition) is 1.